The molecule has 0 aliphatic heterocycles. The number of aliphatic hydroxyl groups excluding tert-OH is 1. The van der Waals surface area contributed by atoms with Gasteiger partial charge in [-0.1, -0.05) is 42.5 Å². The molecule has 4 rings (SSSR count). The van der Waals surface area contributed by atoms with Gasteiger partial charge < -0.3 is 47.1 Å². The van der Waals surface area contributed by atoms with Crippen molar-refractivity contribution in [1.82, 2.24) is 20.9 Å². The number of nitrogens with one attached hydrogen (secondary N) is 4. The molecule has 4 atom stereocenters. The van der Waals surface area contributed by atoms with Crippen LogP contribution in [-0.4, -0.2) is 79.9 Å². The van der Waals surface area contributed by atoms with Crippen LogP contribution in [0.3, 0.4) is 0 Å². The number of carboxylic acid groups (broad SMARTS) is 1. The van der Waals surface area contributed by atoms with Crippen LogP contribution in [0.25, 0.3) is 10.9 Å². The molecule has 236 valence electrons. The smallest absolute Gasteiger partial charge is 0.326 e. The van der Waals surface area contributed by atoms with Gasteiger partial charge in [-0.05, 0) is 53.4 Å². The highest BCUT2D eigenvalue weighted by molar-refractivity contribution is 5.94. The molecule has 0 fully saturated rings. The highest BCUT2D eigenvalue weighted by atomic mass is 16.4. The maximum absolute atomic E-state index is 13.4. The Kier molecular flexibility index (Phi) is 10.7. The summed E-state index contributed by atoms with van der Waals surface area (Å²) < 4.78 is 0. The van der Waals surface area contributed by atoms with Crippen molar-refractivity contribution in [1.29, 1.82) is 0 Å². The fourth-order valence-corrected chi connectivity index (χ4v) is 4.79. The Morgan fingerprint density at radius 3 is 1.78 bits per heavy atom. The third-order valence-corrected chi connectivity index (χ3v) is 7.27. The third-order valence-electron chi connectivity index (χ3n) is 7.27. The predicted octanol–water partition coefficient (Wildman–Crippen LogP) is 0.466. The molecular weight excluding hydrogens is 582 g/mol. The first-order valence-corrected chi connectivity index (χ1v) is 14.1. The van der Waals surface area contributed by atoms with Crippen molar-refractivity contribution in [2.45, 2.75) is 43.4 Å². The van der Waals surface area contributed by atoms with Gasteiger partial charge in [-0.15, -0.1) is 0 Å². The van der Waals surface area contributed by atoms with E-state index in [0.29, 0.717) is 11.1 Å². The molecule has 10 N–H and O–H groups in total. The molecule has 0 spiro atoms. The molecule has 3 aromatic carbocycles. The molecule has 4 unspecified atom stereocenters. The second-order valence-corrected chi connectivity index (χ2v) is 10.6. The number of carboxylic acids is 1. The number of aromatic hydroxyl groups is 2. The number of H-pyrrole nitrogens is 1. The number of fused-ring (bicyclic) bond motifs is 1. The fourth-order valence-electron chi connectivity index (χ4n) is 4.79. The molecule has 3 amide bonds. The number of aromatic amines is 1. The second-order valence-electron chi connectivity index (χ2n) is 10.6. The summed E-state index contributed by atoms with van der Waals surface area (Å²) in [5.74, 6) is -3.77. The second kappa shape index (κ2) is 14.9. The maximum atomic E-state index is 13.4. The summed E-state index contributed by atoms with van der Waals surface area (Å²) in [5, 5.41) is 46.9. The number of hydrogen-bond donors (Lipinski definition) is 9. The zero-order valence-corrected chi connectivity index (χ0v) is 24.1. The Bertz CT molecular complexity index is 1640. The quantitative estimate of drug-likeness (QED) is 0.0956. The van der Waals surface area contributed by atoms with Gasteiger partial charge in [0.2, 0.25) is 17.7 Å². The molecule has 0 aliphatic rings. The van der Waals surface area contributed by atoms with E-state index < -0.39 is 54.5 Å². The standard InChI is InChI=1S/C32H35N5O8/c33-24(15-20-16-34-25-4-2-1-3-23(20)25)29(41)35-26(13-18-5-9-21(39)10-6-18)30(42)37-28(17-38)31(43)36-27(32(44)45)14-19-7-11-22(40)12-8-19/h1-12,16,24,26-28,34,38-40H,13-15,17,33H2,(H,35,41)(H,36,43)(H,37,42)(H,44,45). The van der Waals surface area contributed by atoms with Gasteiger partial charge in [0.15, 0.2) is 0 Å². The van der Waals surface area contributed by atoms with Gasteiger partial charge >= 0.3 is 5.97 Å². The summed E-state index contributed by atoms with van der Waals surface area (Å²) in [6.07, 6.45) is 1.76. The average Bonchev–Trinajstić information content (AvgIpc) is 3.43. The lowest BCUT2D eigenvalue weighted by Gasteiger charge is -2.24. The van der Waals surface area contributed by atoms with Crippen molar-refractivity contribution in [2.24, 2.45) is 5.73 Å². The molecule has 0 bridgehead atoms. The Morgan fingerprint density at radius 2 is 1.20 bits per heavy atom. The van der Waals surface area contributed by atoms with Crippen LogP contribution < -0.4 is 21.7 Å². The number of aromatic nitrogens is 1. The van der Waals surface area contributed by atoms with Crippen molar-refractivity contribution >= 4 is 34.6 Å². The van der Waals surface area contributed by atoms with Crippen LogP contribution >= 0.6 is 0 Å². The monoisotopic (exact) mass is 617 g/mol. The molecule has 0 saturated carbocycles. The summed E-state index contributed by atoms with van der Waals surface area (Å²) >= 11 is 0. The number of rotatable bonds is 14. The van der Waals surface area contributed by atoms with Crippen LogP contribution in [0.5, 0.6) is 11.5 Å². The molecular formula is C32H35N5O8. The average molecular weight is 618 g/mol. The minimum atomic E-state index is -1.54. The van der Waals surface area contributed by atoms with Gasteiger partial charge in [-0.3, -0.25) is 14.4 Å². The Balaban J connectivity index is 1.46. The number of carbonyl (C=O) groups excluding carboxylic acids is 3. The third kappa shape index (κ3) is 8.81. The first kappa shape index (κ1) is 32.5. The number of amides is 3. The van der Waals surface area contributed by atoms with Crippen LogP contribution in [0, 0.1) is 0 Å². The summed E-state index contributed by atoms with van der Waals surface area (Å²) in [7, 11) is 0. The van der Waals surface area contributed by atoms with Crippen LogP contribution in [0.4, 0.5) is 0 Å². The molecule has 0 saturated heterocycles. The molecule has 13 nitrogen and oxygen atoms in total. The van der Waals surface area contributed by atoms with E-state index in [4.69, 9.17) is 5.73 Å². The number of phenols is 2. The summed E-state index contributed by atoms with van der Waals surface area (Å²) in [4.78, 5) is 54.6. The largest absolute Gasteiger partial charge is 0.508 e. The lowest BCUT2D eigenvalue weighted by molar-refractivity contribution is -0.142. The molecule has 1 aromatic heterocycles. The number of aliphatic hydroxyl groups is 1. The van der Waals surface area contributed by atoms with E-state index in [2.05, 4.69) is 20.9 Å². The SMILES string of the molecule is NC(Cc1c[nH]c2ccccc12)C(=O)NC(Cc1ccc(O)cc1)C(=O)NC(CO)C(=O)NC(Cc1ccc(O)cc1)C(=O)O. The van der Waals surface area contributed by atoms with E-state index in [-0.39, 0.29) is 30.8 Å². The van der Waals surface area contributed by atoms with Crippen molar-refractivity contribution in [3.05, 3.63) is 95.7 Å². The van der Waals surface area contributed by atoms with E-state index >= 15 is 0 Å². The number of nitrogens with two attached hydrogens (primary N) is 1. The van der Waals surface area contributed by atoms with Crippen molar-refractivity contribution in [3.8, 4) is 11.5 Å². The van der Waals surface area contributed by atoms with Gasteiger partial charge in [-0.2, -0.15) is 0 Å². The van der Waals surface area contributed by atoms with E-state index in [1.807, 2.05) is 24.3 Å². The van der Waals surface area contributed by atoms with Crippen LogP contribution in [-0.2, 0) is 38.4 Å². The first-order valence-electron chi connectivity index (χ1n) is 14.1. The molecule has 45 heavy (non-hydrogen) atoms. The van der Waals surface area contributed by atoms with Crippen molar-refractivity contribution in [3.63, 3.8) is 0 Å². The Labute approximate surface area is 258 Å². The molecule has 4 aromatic rings. The molecule has 13 heteroatoms. The lowest BCUT2D eigenvalue weighted by atomic mass is 10.0. The van der Waals surface area contributed by atoms with Gasteiger partial charge in [0.25, 0.3) is 0 Å². The normalized spacial score (nSPS) is 13.7. The number of para-hydroxylation sites is 1. The highest BCUT2D eigenvalue weighted by Crippen LogP contribution is 2.19. The maximum Gasteiger partial charge on any atom is 0.326 e. The summed E-state index contributed by atoms with van der Waals surface area (Å²) in [6.45, 7) is -0.858. The first-order chi connectivity index (χ1) is 21.5. The lowest BCUT2D eigenvalue weighted by Crippen LogP contribution is -2.58. The van der Waals surface area contributed by atoms with Crippen LogP contribution in [0.15, 0.2) is 79.0 Å². The van der Waals surface area contributed by atoms with Gasteiger partial charge in [-0.25, -0.2) is 4.79 Å². The van der Waals surface area contributed by atoms with E-state index in [0.717, 1.165) is 16.5 Å². The zero-order chi connectivity index (χ0) is 32.5. The van der Waals surface area contributed by atoms with E-state index in [9.17, 15) is 39.6 Å². The number of phenolic OH excluding ortho intramolecular Hbond substituents is 2. The van der Waals surface area contributed by atoms with Crippen LogP contribution in [0.2, 0.25) is 0 Å². The van der Waals surface area contributed by atoms with Crippen LogP contribution in [0.1, 0.15) is 16.7 Å². The highest BCUT2D eigenvalue weighted by Gasteiger charge is 2.30. The predicted molar refractivity (Wildman–Crippen MR) is 164 cm³/mol. The number of aliphatic carboxylic acids is 1. The van der Waals surface area contributed by atoms with Gasteiger partial charge in [0, 0.05) is 29.9 Å². The minimum Gasteiger partial charge on any atom is -0.508 e. The molecule has 1 heterocycles. The summed E-state index contributed by atoms with van der Waals surface area (Å²) in [6, 6.07) is 14.0. The zero-order valence-electron chi connectivity index (χ0n) is 24.1. The van der Waals surface area contributed by atoms with Crippen molar-refractivity contribution in [2.75, 3.05) is 6.61 Å². The number of hydrogen-bond acceptors (Lipinski definition) is 8. The number of benzene rings is 3. The Hall–Kier alpha value is -5.40. The summed E-state index contributed by atoms with van der Waals surface area (Å²) in [5.41, 5.74) is 9.01. The van der Waals surface area contributed by atoms with E-state index in [1.54, 1.807) is 18.3 Å². The van der Waals surface area contributed by atoms with Gasteiger partial charge in [0.1, 0.15) is 29.6 Å². The number of carbonyl (C=O) groups is 4. The Morgan fingerprint density at radius 1 is 0.689 bits per heavy atom. The fraction of sp³-hybridized carbons (Fsp3) is 0.250. The van der Waals surface area contributed by atoms with E-state index in [1.165, 1.54) is 36.4 Å². The molecule has 0 aliphatic carbocycles. The molecule has 0 radical (unpaired) electrons. The van der Waals surface area contributed by atoms with Gasteiger partial charge in [0.05, 0.1) is 12.6 Å². The topological polar surface area (TPSA) is 227 Å². The minimum absolute atomic E-state index is 0.00171. The van der Waals surface area contributed by atoms with Crippen molar-refractivity contribution < 1.29 is 39.6 Å².